The normalized spacial score (nSPS) is 14.3. The fourth-order valence-electron chi connectivity index (χ4n) is 4.37. The summed E-state index contributed by atoms with van der Waals surface area (Å²) in [5.41, 5.74) is 3.82. The largest absolute Gasteiger partial charge is 0.364 e. The highest BCUT2D eigenvalue weighted by Crippen LogP contribution is 2.35. The van der Waals surface area contributed by atoms with Crippen LogP contribution in [0.2, 0.25) is 0 Å². The number of aromatic amines is 1. The molecule has 2 aromatic heterocycles. The van der Waals surface area contributed by atoms with E-state index >= 15 is 4.39 Å². The Morgan fingerprint density at radius 3 is 2.76 bits per heavy atom. The number of aromatic nitrogens is 2. The Hall–Kier alpha value is -3.63. The van der Waals surface area contributed by atoms with Gasteiger partial charge in [0.2, 0.25) is 5.78 Å². The smallest absolute Gasteiger partial charge is 0.201 e. The molecule has 0 bridgehead atoms. The number of nitrogens with one attached hydrogen (secondary N) is 5. The van der Waals surface area contributed by atoms with Gasteiger partial charge in [0.1, 0.15) is 11.5 Å². The zero-order chi connectivity index (χ0) is 25.9. The van der Waals surface area contributed by atoms with Crippen LogP contribution in [0.3, 0.4) is 0 Å². The van der Waals surface area contributed by atoms with Gasteiger partial charge in [0.25, 0.3) is 0 Å². The summed E-state index contributed by atoms with van der Waals surface area (Å²) in [5, 5.41) is 10.6. The predicted octanol–water partition coefficient (Wildman–Crippen LogP) is 5.98. The highest BCUT2D eigenvalue weighted by atomic mass is 32.2. The minimum Gasteiger partial charge on any atom is -0.364 e. The number of fused-ring (bicyclic) bond motifs is 2. The Bertz CT molecular complexity index is 1460. The first-order chi connectivity index (χ1) is 18.0. The Kier molecular flexibility index (Phi) is 7.29. The number of carbonyl (C=O) groups excluding carboxylic acids is 1. The number of rotatable bonds is 10. The van der Waals surface area contributed by atoms with Crippen molar-refractivity contribution in [1.29, 1.82) is 0 Å². The predicted molar refractivity (Wildman–Crippen MR) is 147 cm³/mol. The highest BCUT2D eigenvalue weighted by Gasteiger charge is 2.25. The molecule has 5 N–H and O–H groups in total. The van der Waals surface area contributed by atoms with Crippen molar-refractivity contribution in [3.8, 4) is 11.1 Å². The number of anilines is 3. The lowest BCUT2D eigenvalue weighted by Gasteiger charge is -2.11. The third-order valence-corrected chi connectivity index (χ3v) is 7.25. The third kappa shape index (κ3) is 4.99. The van der Waals surface area contributed by atoms with Gasteiger partial charge in [0.05, 0.1) is 28.8 Å². The average Bonchev–Trinajstić information content (AvgIpc) is 3.51. The zero-order valence-corrected chi connectivity index (χ0v) is 21.4. The monoisotopic (exact) mass is 522 g/mol. The molecule has 1 atom stereocenters. The molecule has 37 heavy (non-hydrogen) atoms. The first-order valence-corrected chi connectivity index (χ1v) is 13.2. The molecule has 1 aliphatic heterocycles. The molecule has 0 spiro atoms. The fourth-order valence-corrected chi connectivity index (χ4v) is 4.99. The molecule has 0 radical (unpaired) electrons. The molecule has 5 rings (SSSR count). The Morgan fingerprint density at radius 1 is 1.11 bits per heavy atom. The Balaban J connectivity index is 1.46. The van der Waals surface area contributed by atoms with E-state index in [-0.39, 0.29) is 17.4 Å². The number of nitrogens with zero attached hydrogens (tertiary/aromatic N) is 1. The Morgan fingerprint density at radius 2 is 1.95 bits per heavy atom. The van der Waals surface area contributed by atoms with Gasteiger partial charge in [-0.1, -0.05) is 24.9 Å². The summed E-state index contributed by atoms with van der Waals surface area (Å²) in [5.74, 6) is -1.80. The topological polar surface area (TPSA) is 93.9 Å². The number of ketones is 1. The van der Waals surface area contributed by atoms with Crippen molar-refractivity contribution < 1.29 is 13.6 Å². The van der Waals surface area contributed by atoms with E-state index in [1.54, 1.807) is 6.20 Å². The highest BCUT2D eigenvalue weighted by molar-refractivity contribution is 8.00. The summed E-state index contributed by atoms with van der Waals surface area (Å²) in [4.78, 5) is 20.8. The van der Waals surface area contributed by atoms with Gasteiger partial charge < -0.3 is 25.7 Å². The van der Waals surface area contributed by atoms with Gasteiger partial charge in [0, 0.05) is 34.7 Å². The van der Waals surface area contributed by atoms with Crippen molar-refractivity contribution in [3.05, 3.63) is 71.6 Å². The number of benzene rings is 2. The average molecular weight is 523 g/mol. The van der Waals surface area contributed by atoms with Crippen molar-refractivity contribution in [3.63, 3.8) is 0 Å². The second-order valence-electron chi connectivity index (χ2n) is 8.88. The van der Waals surface area contributed by atoms with Gasteiger partial charge >= 0.3 is 0 Å². The number of carbonyl (C=O) groups is 1. The molecule has 1 unspecified atom stereocenters. The Labute approximate surface area is 218 Å². The number of hydrogen-bond acceptors (Lipinski definition) is 7. The van der Waals surface area contributed by atoms with Crippen LogP contribution in [0.1, 0.15) is 35.7 Å². The van der Waals surface area contributed by atoms with E-state index in [0.717, 1.165) is 53.7 Å². The van der Waals surface area contributed by atoms with Crippen LogP contribution in [-0.4, -0.2) is 41.3 Å². The molecule has 4 aromatic rings. The molecule has 0 fully saturated rings. The maximum Gasteiger partial charge on any atom is 0.201 e. The van der Waals surface area contributed by atoms with Crippen LogP contribution in [0, 0.1) is 11.6 Å². The van der Waals surface area contributed by atoms with E-state index in [9.17, 15) is 9.18 Å². The van der Waals surface area contributed by atoms with Gasteiger partial charge in [-0.3, -0.25) is 4.79 Å². The number of halogens is 2. The van der Waals surface area contributed by atoms with Crippen LogP contribution in [0.15, 0.2) is 48.8 Å². The molecule has 0 saturated heterocycles. The minimum absolute atomic E-state index is 0.0779. The molecule has 1 aliphatic rings. The van der Waals surface area contributed by atoms with E-state index in [1.807, 2.05) is 38.2 Å². The van der Waals surface area contributed by atoms with E-state index in [0.29, 0.717) is 11.0 Å². The molecule has 3 heterocycles. The number of hydrogen-bond donors (Lipinski definition) is 5. The van der Waals surface area contributed by atoms with Crippen LogP contribution >= 0.6 is 11.9 Å². The van der Waals surface area contributed by atoms with Gasteiger partial charge in [-0.05, 0) is 62.3 Å². The van der Waals surface area contributed by atoms with E-state index in [4.69, 9.17) is 0 Å². The molecule has 10 heteroatoms. The summed E-state index contributed by atoms with van der Waals surface area (Å²) >= 11 is 1.31. The minimum atomic E-state index is -0.906. The van der Waals surface area contributed by atoms with Gasteiger partial charge in [-0.25, -0.2) is 13.8 Å². The van der Waals surface area contributed by atoms with E-state index < -0.39 is 23.0 Å². The van der Waals surface area contributed by atoms with Crippen molar-refractivity contribution in [2.45, 2.75) is 25.9 Å². The van der Waals surface area contributed by atoms with Gasteiger partial charge in [-0.2, -0.15) is 0 Å². The lowest BCUT2D eigenvalue weighted by molar-refractivity contribution is 0.103. The fraction of sp³-hybridized carbons (Fsp3) is 0.259. The molecule has 0 saturated carbocycles. The van der Waals surface area contributed by atoms with Crippen molar-refractivity contribution in [2.24, 2.45) is 0 Å². The van der Waals surface area contributed by atoms with Crippen molar-refractivity contribution >= 4 is 45.8 Å². The number of pyridine rings is 1. The lowest BCUT2D eigenvalue weighted by atomic mass is 9.99. The summed E-state index contributed by atoms with van der Waals surface area (Å²) in [6.07, 6.45) is 5.12. The molecule has 0 aliphatic carbocycles. The first kappa shape index (κ1) is 25.0. The number of H-pyrrole nitrogens is 1. The molecule has 7 nitrogen and oxygen atoms in total. The lowest BCUT2D eigenvalue weighted by Crippen LogP contribution is -2.26. The summed E-state index contributed by atoms with van der Waals surface area (Å²) < 4.78 is 32.8. The van der Waals surface area contributed by atoms with Gasteiger partial charge in [-0.15, -0.1) is 0 Å². The van der Waals surface area contributed by atoms with Crippen LogP contribution in [-0.2, 0) is 0 Å². The van der Waals surface area contributed by atoms with E-state index in [2.05, 4.69) is 30.6 Å². The van der Waals surface area contributed by atoms with Crippen LogP contribution in [0.5, 0.6) is 0 Å². The second kappa shape index (κ2) is 10.8. The SMILES string of the molecule is CCCSNc1ccc(F)c(C(=O)c2c[nH]c3ncc(-c4ccc5c(c4)NC(CCNC)N5)cc23)c1F. The molecule has 192 valence electrons. The molecule has 2 aromatic carbocycles. The maximum atomic E-state index is 15.2. The summed E-state index contributed by atoms with van der Waals surface area (Å²) in [6, 6.07) is 10.3. The summed E-state index contributed by atoms with van der Waals surface area (Å²) in [7, 11) is 1.92. The standard InChI is InChI=1S/C27H28F2N6OS/c1-3-10-37-35-21-7-5-19(28)24(25(21)29)26(36)18-14-32-27-17(18)11-16(13-31-27)15-4-6-20-22(12-15)34-23(33-20)8-9-30-2/h4-7,11-14,23,30,33-35H,3,8-10H2,1-2H3,(H,31,32). The third-order valence-electron chi connectivity index (χ3n) is 6.28. The van der Waals surface area contributed by atoms with Crippen LogP contribution in [0.25, 0.3) is 22.2 Å². The van der Waals surface area contributed by atoms with Crippen molar-refractivity contribution in [1.82, 2.24) is 15.3 Å². The molecular formula is C27H28F2N6OS. The maximum absolute atomic E-state index is 15.2. The van der Waals surface area contributed by atoms with Crippen LogP contribution < -0.4 is 20.7 Å². The second-order valence-corrected chi connectivity index (χ2v) is 9.78. The molecule has 0 amide bonds. The van der Waals surface area contributed by atoms with Gasteiger partial charge in [0.15, 0.2) is 5.82 Å². The van der Waals surface area contributed by atoms with Crippen LogP contribution in [0.4, 0.5) is 25.8 Å². The first-order valence-electron chi connectivity index (χ1n) is 12.2. The van der Waals surface area contributed by atoms with Crippen molar-refractivity contribution in [2.75, 3.05) is 34.7 Å². The molecular weight excluding hydrogens is 494 g/mol. The quantitative estimate of drug-likeness (QED) is 0.0993. The zero-order valence-electron chi connectivity index (χ0n) is 20.5. The summed E-state index contributed by atoms with van der Waals surface area (Å²) in [6.45, 7) is 2.89. The van der Waals surface area contributed by atoms with E-state index in [1.165, 1.54) is 24.2 Å².